The Labute approximate surface area is 151 Å². The number of hydrogen-bond donors (Lipinski definition) is 5. The van der Waals surface area contributed by atoms with Gasteiger partial charge in [-0.2, -0.15) is 0 Å². The Morgan fingerprint density at radius 1 is 1.30 bits per heavy atom. The average Bonchev–Trinajstić information content (AvgIpc) is 2.79. The lowest BCUT2D eigenvalue weighted by Gasteiger charge is -2.19. The molecule has 2 heterocycles. The SMILES string of the molecule is BP(=O)(OC[C@H]1O[C@@H](n2cc(OC)c(=O)[nH]c2=O)[C@@H](O)C1O)OP(=O)(O)O. The molecule has 2 rings (SSSR count). The number of phosphoric acid groups is 1. The van der Waals surface area contributed by atoms with E-state index in [9.17, 15) is 28.9 Å². The van der Waals surface area contributed by atoms with Gasteiger partial charge in [0, 0.05) is 0 Å². The summed E-state index contributed by atoms with van der Waals surface area (Å²) in [5, 5.41) is 20.1. The first-order chi connectivity index (χ1) is 12.3. The topological polar surface area (TPSA) is 207 Å². The molecular formula is C10H17BN2O12P2. The van der Waals surface area contributed by atoms with Crippen molar-refractivity contribution in [2.24, 2.45) is 0 Å². The number of H-pyrrole nitrogens is 1. The summed E-state index contributed by atoms with van der Waals surface area (Å²) in [5.74, 6) is -0.257. The third kappa shape index (κ3) is 5.38. The van der Waals surface area contributed by atoms with E-state index in [-0.39, 0.29) is 5.75 Å². The van der Waals surface area contributed by atoms with Crippen LogP contribution in [0.25, 0.3) is 0 Å². The molecule has 1 fully saturated rings. The second-order valence-electron chi connectivity index (χ2n) is 5.55. The minimum atomic E-state index is -5.09. The van der Waals surface area contributed by atoms with Gasteiger partial charge in [0.1, 0.15) is 18.3 Å². The molecule has 14 nitrogen and oxygen atoms in total. The van der Waals surface area contributed by atoms with Gasteiger partial charge in [0.2, 0.25) is 5.75 Å². The van der Waals surface area contributed by atoms with Gasteiger partial charge in [-0.25, -0.2) is 13.7 Å². The maximum atomic E-state index is 11.9. The molecule has 5 atom stereocenters. The van der Waals surface area contributed by atoms with Crippen molar-refractivity contribution in [3.63, 3.8) is 0 Å². The number of hydrogen-bond acceptors (Lipinski definition) is 10. The smallest absolute Gasteiger partial charge is 0.476 e. The van der Waals surface area contributed by atoms with Crippen LogP contribution in [0.2, 0.25) is 0 Å². The Hall–Kier alpha value is -1.28. The maximum absolute atomic E-state index is 11.9. The summed E-state index contributed by atoms with van der Waals surface area (Å²) in [5.41, 5.74) is -1.77. The first-order valence-corrected chi connectivity index (χ1v) is 10.8. The number of aliphatic hydroxyl groups is 2. The van der Waals surface area contributed by atoms with Crippen molar-refractivity contribution in [2.75, 3.05) is 13.7 Å². The molecule has 0 aromatic carbocycles. The molecule has 0 bridgehead atoms. The van der Waals surface area contributed by atoms with Gasteiger partial charge in [-0.05, 0) is 0 Å². The van der Waals surface area contributed by atoms with Gasteiger partial charge >= 0.3 is 13.5 Å². The molecule has 17 heteroatoms. The molecule has 1 saturated heterocycles. The van der Waals surface area contributed by atoms with Crippen molar-refractivity contribution in [1.82, 2.24) is 9.55 Å². The summed E-state index contributed by atoms with van der Waals surface area (Å²) in [6, 6.07) is 0. The highest BCUT2D eigenvalue weighted by Crippen LogP contribution is 2.57. The Morgan fingerprint density at radius 3 is 2.48 bits per heavy atom. The second kappa shape index (κ2) is 7.99. The lowest BCUT2D eigenvalue weighted by Crippen LogP contribution is -2.38. The van der Waals surface area contributed by atoms with Crippen LogP contribution in [0.4, 0.5) is 0 Å². The van der Waals surface area contributed by atoms with Crippen LogP contribution in [-0.4, -0.2) is 69.1 Å². The van der Waals surface area contributed by atoms with Crippen LogP contribution < -0.4 is 16.0 Å². The highest BCUT2D eigenvalue weighted by molar-refractivity contribution is 7.83. The van der Waals surface area contributed by atoms with E-state index in [2.05, 4.69) is 4.31 Å². The van der Waals surface area contributed by atoms with Crippen LogP contribution in [-0.2, 0) is 22.7 Å². The monoisotopic (exact) mass is 430 g/mol. The van der Waals surface area contributed by atoms with Crippen LogP contribution >= 0.6 is 15.3 Å². The first kappa shape index (κ1) is 22.0. The lowest BCUT2D eigenvalue weighted by molar-refractivity contribution is -0.0522. The van der Waals surface area contributed by atoms with E-state index in [0.717, 1.165) is 18.3 Å². The van der Waals surface area contributed by atoms with Gasteiger partial charge in [0.25, 0.3) is 20.6 Å². The van der Waals surface area contributed by atoms with E-state index in [1.807, 2.05) is 4.98 Å². The van der Waals surface area contributed by atoms with Gasteiger partial charge < -0.3 is 34.0 Å². The summed E-state index contributed by atoms with van der Waals surface area (Å²) in [6.45, 7) is -0.683. The fraction of sp³-hybridized carbons (Fsp3) is 0.600. The van der Waals surface area contributed by atoms with Crippen LogP contribution in [0, 0.1) is 0 Å². The standard InChI is InChI=1S/C10H17BN2O12P2/c1-22-4-2-13(10(17)12-8(4)16)9-7(15)6(14)5(24-9)3-23-26(11,18)25-27(19,20)21/h2,5-7,9,14-15H,3,11H2,1H3,(H,12,16,17)(H2,19,20,21)/t5-,6?,7+,9-,26?/m1/s1. The van der Waals surface area contributed by atoms with E-state index in [1.54, 1.807) is 0 Å². The number of aromatic nitrogens is 2. The summed E-state index contributed by atoms with van der Waals surface area (Å²) in [6.07, 6.45) is -5.08. The van der Waals surface area contributed by atoms with E-state index >= 15 is 0 Å². The predicted octanol–water partition coefficient (Wildman–Crippen LogP) is -2.97. The number of nitrogens with zero attached hydrogens (tertiary/aromatic N) is 1. The number of aliphatic hydroxyl groups excluding tert-OH is 2. The van der Waals surface area contributed by atoms with Crippen molar-refractivity contribution in [2.45, 2.75) is 24.5 Å². The van der Waals surface area contributed by atoms with Gasteiger partial charge in [-0.3, -0.25) is 18.9 Å². The fourth-order valence-corrected chi connectivity index (χ4v) is 4.48. The van der Waals surface area contributed by atoms with Gasteiger partial charge in [-0.1, -0.05) is 0 Å². The summed E-state index contributed by atoms with van der Waals surface area (Å²) in [4.78, 5) is 42.7. The third-order valence-electron chi connectivity index (χ3n) is 3.49. The van der Waals surface area contributed by atoms with Crippen molar-refractivity contribution >= 4 is 22.9 Å². The Morgan fingerprint density at radius 2 is 1.93 bits per heavy atom. The molecule has 1 aromatic rings. The van der Waals surface area contributed by atoms with E-state index in [1.165, 1.54) is 7.11 Å². The highest BCUT2D eigenvalue weighted by Gasteiger charge is 2.45. The number of ether oxygens (including phenoxy) is 2. The lowest BCUT2D eigenvalue weighted by atomic mass is 10.1. The predicted molar refractivity (Wildman–Crippen MR) is 89.0 cm³/mol. The molecule has 1 aliphatic heterocycles. The Bertz CT molecular complexity index is 895. The largest absolute Gasteiger partial charge is 0.490 e. The van der Waals surface area contributed by atoms with Crippen molar-refractivity contribution in [3.05, 3.63) is 27.0 Å². The summed E-state index contributed by atoms with van der Waals surface area (Å²) >= 11 is 0. The molecule has 1 aromatic heterocycles. The molecule has 2 unspecified atom stereocenters. The molecular weight excluding hydrogens is 413 g/mol. The number of aromatic amines is 1. The fourth-order valence-electron chi connectivity index (χ4n) is 2.32. The van der Waals surface area contributed by atoms with E-state index in [0.29, 0.717) is 0 Å². The third-order valence-corrected chi connectivity index (χ3v) is 6.15. The number of methoxy groups -OCH3 is 1. The minimum Gasteiger partial charge on any atom is -0.490 e. The van der Waals surface area contributed by atoms with Crippen LogP contribution in [0.5, 0.6) is 5.75 Å². The van der Waals surface area contributed by atoms with Crippen molar-refractivity contribution < 1.29 is 47.4 Å². The van der Waals surface area contributed by atoms with Gasteiger partial charge in [-0.15, -0.1) is 0 Å². The molecule has 0 saturated carbocycles. The average molecular weight is 430 g/mol. The molecule has 0 aliphatic carbocycles. The number of rotatable bonds is 7. The van der Waals surface area contributed by atoms with E-state index in [4.69, 9.17) is 23.8 Å². The highest BCUT2D eigenvalue weighted by atomic mass is 31.3. The van der Waals surface area contributed by atoms with Crippen LogP contribution in [0.1, 0.15) is 6.23 Å². The zero-order valence-corrected chi connectivity index (χ0v) is 15.8. The maximum Gasteiger partial charge on any atom is 0.476 e. The molecule has 152 valence electrons. The summed E-state index contributed by atoms with van der Waals surface area (Å²) < 4.78 is 42.2. The minimum absolute atomic E-state index is 0.257. The molecule has 0 spiro atoms. The second-order valence-corrected chi connectivity index (χ2v) is 8.98. The molecule has 1 aliphatic rings. The van der Waals surface area contributed by atoms with Crippen LogP contribution in [0.3, 0.4) is 0 Å². The van der Waals surface area contributed by atoms with Crippen molar-refractivity contribution in [3.8, 4) is 5.75 Å². The first-order valence-electron chi connectivity index (χ1n) is 7.24. The van der Waals surface area contributed by atoms with Gasteiger partial charge in [0.15, 0.2) is 6.23 Å². The van der Waals surface area contributed by atoms with Gasteiger partial charge in [0.05, 0.1) is 19.9 Å². The normalized spacial score (nSPS) is 28.0. The molecule has 0 radical (unpaired) electrons. The zero-order chi connectivity index (χ0) is 20.6. The Balaban J connectivity index is 2.17. The van der Waals surface area contributed by atoms with Crippen LogP contribution in [0.15, 0.2) is 15.8 Å². The van der Waals surface area contributed by atoms with E-state index < -0.39 is 57.7 Å². The quantitative estimate of drug-likeness (QED) is 0.217. The molecule has 0 amide bonds. The molecule has 27 heavy (non-hydrogen) atoms. The molecule has 5 N–H and O–H groups in total. The Kier molecular flexibility index (Phi) is 6.52. The zero-order valence-electron chi connectivity index (χ0n) is 14.0. The summed E-state index contributed by atoms with van der Waals surface area (Å²) in [7, 11) is -7.33. The van der Waals surface area contributed by atoms with Crippen molar-refractivity contribution in [1.29, 1.82) is 0 Å². The number of nitrogens with one attached hydrogen (secondary N) is 1.